The minimum absolute atomic E-state index is 0.115. The first-order chi connectivity index (χ1) is 13.4. The van der Waals surface area contributed by atoms with E-state index in [9.17, 15) is 4.79 Å². The quantitative estimate of drug-likeness (QED) is 0.612. The van der Waals surface area contributed by atoms with E-state index in [1.165, 1.54) is 15.8 Å². The average Bonchev–Trinajstić information content (AvgIpc) is 3.09. The van der Waals surface area contributed by atoms with Gasteiger partial charge in [0.2, 0.25) is 0 Å². The minimum Gasteiger partial charge on any atom is -0.467 e. The number of ether oxygens (including phenoxy) is 1. The molecule has 1 saturated heterocycles. The molecule has 1 aromatic heterocycles. The summed E-state index contributed by atoms with van der Waals surface area (Å²) in [6.07, 6.45) is 1.79. The van der Waals surface area contributed by atoms with Gasteiger partial charge < -0.3 is 9.64 Å². The Bertz CT molecular complexity index is 973. The Morgan fingerprint density at radius 3 is 2.32 bits per heavy atom. The van der Waals surface area contributed by atoms with Gasteiger partial charge in [0.05, 0.1) is 10.2 Å². The topological polar surface area (TPSA) is 42.4 Å². The molecule has 1 aliphatic rings. The molecule has 1 fully saturated rings. The van der Waals surface area contributed by atoms with Crippen molar-refractivity contribution in [1.82, 2.24) is 9.88 Å². The Morgan fingerprint density at radius 1 is 1.04 bits per heavy atom. The van der Waals surface area contributed by atoms with Gasteiger partial charge in [0.25, 0.3) is 11.1 Å². The number of benzene rings is 2. The number of likely N-dealkylation sites (tertiary alicyclic amines) is 1. The van der Waals surface area contributed by atoms with Gasteiger partial charge in [0.15, 0.2) is 0 Å². The molecular formula is C23H26N2O2S. The van der Waals surface area contributed by atoms with E-state index in [0.717, 1.165) is 53.3 Å². The van der Waals surface area contributed by atoms with Gasteiger partial charge in [-0.2, -0.15) is 0 Å². The van der Waals surface area contributed by atoms with Crippen LogP contribution >= 0.6 is 11.3 Å². The number of rotatable bonds is 3. The van der Waals surface area contributed by atoms with Crippen molar-refractivity contribution in [3.05, 3.63) is 58.1 Å². The highest BCUT2D eigenvalue weighted by molar-refractivity contribution is 7.20. The standard InChI is InChI=1S/C23H26N2O2S/c1-14-11-15(2)13-18(12-14)22(26)25-9-7-19(8-10-25)27-23-24-20-16(3)5-6-17(4)21(20)28-23/h5-6,11-13,19H,7-10H2,1-4H3. The summed E-state index contributed by atoms with van der Waals surface area (Å²) in [5.74, 6) is 0.122. The van der Waals surface area contributed by atoms with E-state index in [0.29, 0.717) is 0 Å². The molecular weight excluding hydrogens is 368 g/mol. The van der Waals surface area contributed by atoms with Crippen LogP contribution in [0.25, 0.3) is 10.2 Å². The Labute approximate surface area is 170 Å². The van der Waals surface area contributed by atoms with Crippen LogP contribution in [0.1, 0.15) is 45.5 Å². The molecule has 2 aromatic carbocycles. The van der Waals surface area contributed by atoms with Crippen molar-refractivity contribution in [3.8, 4) is 5.19 Å². The van der Waals surface area contributed by atoms with Gasteiger partial charge in [-0.15, -0.1) is 0 Å². The first kappa shape index (κ1) is 18.9. The second kappa shape index (κ2) is 7.55. The molecule has 1 aliphatic heterocycles. The fourth-order valence-electron chi connectivity index (χ4n) is 3.89. The summed E-state index contributed by atoms with van der Waals surface area (Å²) in [6, 6.07) is 10.3. The van der Waals surface area contributed by atoms with E-state index < -0.39 is 0 Å². The van der Waals surface area contributed by atoms with Crippen LogP contribution in [0.3, 0.4) is 0 Å². The van der Waals surface area contributed by atoms with Gasteiger partial charge in [0, 0.05) is 31.5 Å². The predicted octanol–water partition coefficient (Wildman–Crippen LogP) is 5.21. The monoisotopic (exact) mass is 394 g/mol. The summed E-state index contributed by atoms with van der Waals surface area (Å²) in [6.45, 7) is 9.71. The molecule has 4 rings (SSSR count). The summed E-state index contributed by atoms with van der Waals surface area (Å²) in [4.78, 5) is 19.5. The summed E-state index contributed by atoms with van der Waals surface area (Å²) >= 11 is 1.62. The lowest BCUT2D eigenvalue weighted by molar-refractivity contribution is 0.0595. The highest BCUT2D eigenvalue weighted by Gasteiger charge is 2.26. The molecule has 0 N–H and O–H groups in total. The van der Waals surface area contributed by atoms with Gasteiger partial charge in [-0.25, -0.2) is 4.98 Å². The third-order valence-electron chi connectivity index (χ3n) is 5.39. The lowest BCUT2D eigenvalue weighted by Crippen LogP contribution is -2.41. The van der Waals surface area contributed by atoms with Gasteiger partial charge in [-0.05, 0) is 51.0 Å². The Morgan fingerprint density at radius 2 is 1.68 bits per heavy atom. The zero-order valence-electron chi connectivity index (χ0n) is 16.9. The maximum atomic E-state index is 12.8. The third kappa shape index (κ3) is 3.76. The van der Waals surface area contributed by atoms with Crippen molar-refractivity contribution in [3.63, 3.8) is 0 Å². The Kier molecular flexibility index (Phi) is 5.11. The number of carbonyl (C=O) groups excluding carboxylic acids is 1. The van der Waals surface area contributed by atoms with E-state index >= 15 is 0 Å². The predicted molar refractivity (Wildman–Crippen MR) is 115 cm³/mol. The second-order valence-electron chi connectivity index (χ2n) is 7.84. The zero-order chi connectivity index (χ0) is 19.8. The number of fused-ring (bicyclic) bond motifs is 1. The van der Waals surface area contributed by atoms with Gasteiger partial charge in [-0.3, -0.25) is 4.79 Å². The molecule has 0 atom stereocenters. The normalized spacial score (nSPS) is 15.2. The molecule has 0 spiro atoms. The lowest BCUT2D eigenvalue weighted by atomic mass is 10.0. The van der Waals surface area contributed by atoms with Crippen LogP contribution in [0.5, 0.6) is 5.19 Å². The molecule has 1 amide bonds. The van der Waals surface area contributed by atoms with Gasteiger partial charge in [0.1, 0.15) is 6.10 Å². The van der Waals surface area contributed by atoms with Crippen molar-refractivity contribution in [2.45, 2.75) is 46.6 Å². The summed E-state index contributed by atoms with van der Waals surface area (Å²) < 4.78 is 7.40. The number of piperidine rings is 1. The molecule has 5 heteroatoms. The van der Waals surface area contributed by atoms with Crippen molar-refractivity contribution in [2.75, 3.05) is 13.1 Å². The number of aromatic nitrogens is 1. The average molecular weight is 395 g/mol. The summed E-state index contributed by atoms with van der Waals surface area (Å²) in [5.41, 5.74) is 6.50. The molecule has 0 aliphatic carbocycles. The highest BCUT2D eigenvalue weighted by Crippen LogP contribution is 2.33. The number of carbonyl (C=O) groups is 1. The number of hydrogen-bond donors (Lipinski definition) is 0. The fraction of sp³-hybridized carbons (Fsp3) is 0.391. The maximum absolute atomic E-state index is 12.8. The zero-order valence-corrected chi connectivity index (χ0v) is 17.7. The first-order valence-corrected chi connectivity index (χ1v) is 10.6. The van der Waals surface area contributed by atoms with Crippen LogP contribution in [-0.4, -0.2) is 35.0 Å². The van der Waals surface area contributed by atoms with E-state index in [1.54, 1.807) is 11.3 Å². The third-order valence-corrected chi connectivity index (χ3v) is 6.47. The SMILES string of the molecule is Cc1cc(C)cc(C(=O)N2CCC(Oc3nc4c(C)ccc(C)c4s3)CC2)c1. The molecule has 0 unspecified atom stereocenters. The van der Waals surface area contributed by atoms with Crippen molar-refractivity contribution in [1.29, 1.82) is 0 Å². The number of amides is 1. The minimum atomic E-state index is 0.115. The molecule has 146 valence electrons. The molecule has 0 radical (unpaired) electrons. The molecule has 2 heterocycles. The lowest BCUT2D eigenvalue weighted by Gasteiger charge is -2.31. The number of aryl methyl sites for hydroxylation is 4. The smallest absolute Gasteiger partial charge is 0.274 e. The van der Waals surface area contributed by atoms with E-state index in [2.05, 4.69) is 32.0 Å². The number of thiazole rings is 1. The van der Waals surface area contributed by atoms with E-state index in [1.807, 2.05) is 30.9 Å². The number of nitrogens with zero attached hydrogens (tertiary/aromatic N) is 2. The van der Waals surface area contributed by atoms with Gasteiger partial charge >= 0.3 is 0 Å². The van der Waals surface area contributed by atoms with Crippen LogP contribution in [0, 0.1) is 27.7 Å². The largest absolute Gasteiger partial charge is 0.467 e. The molecule has 4 nitrogen and oxygen atoms in total. The summed E-state index contributed by atoms with van der Waals surface area (Å²) in [7, 11) is 0. The van der Waals surface area contributed by atoms with Crippen LogP contribution < -0.4 is 4.74 Å². The molecule has 0 bridgehead atoms. The molecule has 0 saturated carbocycles. The Hall–Kier alpha value is -2.40. The van der Waals surface area contributed by atoms with Crippen LogP contribution in [0.2, 0.25) is 0 Å². The summed E-state index contributed by atoms with van der Waals surface area (Å²) in [5, 5.41) is 0.742. The second-order valence-corrected chi connectivity index (χ2v) is 8.80. The van der Waals surface area contributed by atoms with Crippen LogP contribution in [-0.2, 0) is 0 Å². The number of hydrogen-bond acceptors (Lipinski definition) is 4. The van der Waals surface area contributed by atoms with E-state index in [-0.39, 0.29) is 12.0 Å². The molecule has 28 heavy (non-hydrogen) atoms. The Balaban J connectivity index is 1.41. The van der Waals surface area contributed by atoms with Crippen molar-refractivity contribution >= 4 is 27.5 Å². The van der Waals surface area contributed by atoms with E-state index in [4.69, 9.17) is 9.72 Å². The van der Waals surface area contributed by atoms with Gasteiger partial charge in [-0.1, -0.05) is 40.7 Å². The maximum Gasteiger partial charge on any atom is 0.274 e. The van der Waals surface area contributed by atoms with Crippen molar-refractivity contribution in [2.24, 2.45) is 0 Å². The van der Waals surface area contributed by atoms with Crippen molar-refractivity contribution < 1.29 is 9.53 Å². The van der Waals surface area contributed by atoms with Crippen LogP contribution in [0.15, 0.2) is 30.3 Å². The fourth-order valence-corrected chi connectivity index (χ4v) is 4.92. The molecule has 3 aromatic rings. The van der Waals surface area contributed by atoms with Crippen LogP contribution in [0.4, 0.5) is 0 Å². The highest BCUT2D eigenvalue weighted by atomic mass is 32.1. The first-order valence-electron chi connectivity index (χ1n) is 9.81.